The fourth-order valence-electron chi connectivity index (χ4n) is 6.68. The molecule has 1 N–H and O–H groups in total. The summed E-state index contributed by atoms with van der Waals surface area (Å²) in [4.78, 5) is 4.76. The Morgan fingerprint density at radius 3 is 2.25 bits per heavy atom. The van der Waals surface area contributed by atoms with E-state index in [9.17, 15) is 5.11 Å². The number of para-hydroxylation sites is 1. The average molecular weight is 374 g/mol. The van der Waals surface area contributed by atoms with Crippen molar-refractivity contribution in [2.24, 2.45) is 22.7 Å². The molecule has 0 heterocycles. The van der Waals surface area contributed by atoms with Crippen molar-refractivity contribution < 1.29 is 5.11 Å². The van der Waals surface area contributed by atoms with Gasteiger partial charge in [0.25, 0.3) is 0 Å². The van der Waals surface area contributed by atoms with Gasteiger partial charge in [0.15, 0.2) is 0 Å². The summed E-state index contributed by atoms with van der Waals surface area (Å²) in [6.45, 7) is 4.39. The Kier molecular flexibility index (Phi) is 4.34. The molecule has 0 saturated heterocycles. The second-order valence-electron chi connectivity index (χ2n) is 9.94. The van der Waals surface area contributed by atoms with Gasteiger partial charge in [-0.05, 0) is 96.9 Å². The van der Waals surface area contributed by atoms with Gasteiger partial charge >= 0.3 is 0 Å². The molecule has 2 heteroatoms. The number of aromatic hydroxyl groups is 1. The highest BCUT2D eigenvalue weighted by atomic mass is 16.3. The van der Waals surface area contributed by atoms with Crippen molar-refractivity contribution in [2.75, 3.05) is 0 Å². The highest BCUT2D eigenvalue weighted by Gasteiger charge is 2.51. The van der Waals surface area contributed by atoms with Gasteiger partial charge in [-0.15, -0.1) is 0 Å². The van der Waals surface area contributed by atoms with Crippen LogP contribution in [0.1, 0.15) is 75.0 Å². The number of hydrogen-bond acceptors (Lipinski definition) is 2. The molecule has 6 rings (SSSR count). The first-order chi connectivity index (χ1) is 13.5. The van der Waals surface area contributed by atoms with E-state index in [4.69, 9.17) is 4.99 Å². The predicted octanol–water partition coefficient (Wildman–Crippen LogP) is 6.73. The van der Waals surface area contributed by atoms with E-state index in [0.29, 0.717) is 17.1 Å². The molecule has 4 bridgehead atoms. The Hall–Kier alpha value is -2.09. The fraction of sp³-hybridized carbons (Fsp3) is 0.500. The maximum absolute atomic E-state index is 10.5. The monoisotopic (exact) mass is 373 g/mol. The van der Waals surface area contributed by atoms with Crippen molar-refractivity contribution in [1.82, 2.24) is 0 Å². The third kappa shape index (κ3) is 3.07. The number of rotatable bonds is 4. The lowest BCUT2D eigenvalue weighted by Gasteiger charge is -2.57. The standard InChI is InChI=1S/C26H31NO/c1-17(2)23-5-3-4-6-24(23)27-16-21-12-22(7-8-25(21)28)26-13-18-9-19(14-26)11-20(10-18)15-26/h3-8,12,16-20,28H,9-11,13-15H2,1-2H3. The van der Waals surface area contributed by atoms with Crippen molar-refractivity contribution in [1.29, 1.82) is 0 Å². The quantitative estimate of drug-likeness (QED) is 0.592. The second-order valence-corrected chi connectivity index (χ2v) is 9.94. The van der Waals surface area contributed by atoms with Gasteiger partial charge < -0.3 is 5.11 Å². The number of aliphatic imine (C=N–C) groups is 1. The third-order valence-corrected chi connectivity index (χ3v) is 7.58. The van der Waals surface area contributed by atoms with Gasteiger partial charge in [-0.3, -0.25) is 4.99 Å². The summed E-state index contributed by atoms with van der Waals surface area (Å²) in [5.74, 6) is 3.54. The smallest absolute Gasteiger partial charge is 0.124 e. The summed E-state index contributed by atoms with van der Waals surface area (Å²) >= 11 is 0. The Morgan fingerprint density at radius 2 is 1.61 bits per heavy atom. The van der Waals surface area contributed by atoms with Crippen molar-refractivity contribution in [3.8, 4) is 5.75 Å². The minimum absolute atomic E-state index is 0.333. The average Bonchev–Trinajstić information content (AvgIpc) is 2.66. The van der Waals surface area contributed by atoms with E-state index in [0.717, 1.165) is 29.0 Å². The second kappa shape index (κ2) is 6.76. The molecule has 4 fully saturated rings. The number of benzene rings is 2. The SMILES string of the molecule is CC(C)c1ccccc1N=Cc1cc(C23CC4CC(CC(C4)C2)C3)ccc1O. The van der Waals surface area contributed by atoms with Crippen molar-refractivity contribution in [3.05, 3.63) is 59.2 Å². The minimum Gasteiger partial charge on any atom is -0.507 e. The molecule has 0 spiro atoms. The molecule has 4 saturated carbocycles. The Bertz CT molecular complexity index is 875. The van der Waals surface area contributed by atoms with Gasteiger partial charge in [0.05, 0.1) is 5.69 Å². The van der Waals surface area contributed by atoms with Crippen LogP contribution in [0.25, 0.3) is 0 Å². The summed E-state index contributed by atoms with van der Waals surface area (Å²) in [6, 6.07) is 14.6. The molecule has 0 unspecified atom stereocenters. The van der Waals surface area contributed by atoms with E-state index in [1.807, 2.05) is 18.3 Å². The van der Waals surface area contributed by atoms with Gasteiger partial charge in [-0.25, -0.2) is 0 Å². The predicted molar refractivity (Wildman–Crippen MR) is 116 cm³/mol. The highest BCUT2D eigenvalue weighted by Crippen LogP contribution is 2.60. The Labute approximate surface area is 168 Å². The third-order valence-electron chi connectivity index (χ3n) is 7.58. The molecule has 0 atom stereocenters. The first kappa shape index (κ1) is 18.0. The van der Waals surface area contributed by atoms with E-state index in [2.05, 4.69) is 44.2 Å². The molecule has 2 nitrogen and oxygen atoms in total. The summed E-state index contributed by atoms with van der Waals surface area (Å²) in [5, 5.41) is 10.5. The molecule has 2 aromatic rings. The Balaban J connectivity index is 1.48. The largest absolute Gasteiger partial charge is 0.507 e. The number of phenols is 1. The van der Waals surface area contributed by atoms with Crippen LogP contribution >= 0.6 is 0 Å². The number of nitrogens with zero attached hydrogens (tertiary/aromatic N) is 1. The number of hydrogen-bond donors (Lipinski definition) is 1. The van der Waals surface area contributed by atoms with Crippen LogP contribution < -0.4 is 0 Å². The van der Waals surface area contributed by atoms with Crippen LogP contribution in [-0.2, 0) is 5.41 Å². The topological polar surface area (TPSA) is 32.6 Å². The molecule has 146 valence electrons. The molecular formula is C26H31NO. The molecule has 0 amide bonds. The minimum atomic E-state index is 0.333. The molecular weight excluding hydrogens is 342 g/mol. The van der Waals surface area contributed by atoms with Crippen molar-refractivity contribution in [2.45, 2.75) is 63.7 Å². The van der Waals surface area contributed by atoms with Crippen LogP contribution in [0.15, 0.2) is 47.5 Å². The summed E-state index contributed by atoms with van der Waals surface area (Å²) in [6.07, 6.45) is 10.3. The van der Waals surface area contributed by atoms with E-state index < -0.39 is 0 Å². The van der Waals surface area contributed by atoms with Crippen molar-refractivity contribution >= 4 is 11.9 Å². The lowest BCUT2D eigenvalue weighted by Crippen LogP contribution is -2.48. The summed E-state index contributed by atoms with van der Waals surface area (Å²) in [7, 11) is 0. The Morgan fingerprint density at radius 1 is 0.964 bits per heavy atom. The van der Waals surface area contributed by atoms with E-state index in [1.165, 1.54) is 49.7 Å². The zero-order valence-electron chi connectivity index (χ0n) is 17.1. The first-order valence-electron chi connectivity index (χ1n) is 11.0. The molecule has 0 radical (unpaired) electrons. The molecule has 2 aromatic carbocycles. The molecule has 28 heavy (non-hydrogen) atoms. The van der Waals surface area contributed by atoms with Gasteiger partial charge in [0.1, 0.15) is 5.75 Å². The zero-order chi connectivity index (χ0) is 19.3. The lowest BCUT2D eigenvalue weighted by molar-refractivity contribution is -0.00520. The van der Waals surface area contributed by atoms with E-state index in [1.54, 1.807) is 0 Å². The highest BCUT2D eigenvalue weighted by molar-refractivity contribution is 5.86. The van der Waals surface area contributed by atoms with Gasteiger partial charge in [0, 0.05) is 11.8 Å². The summed E-state index contributed by atoms with van der Waals surface area (Å²) in [5.41, 5.74) is 4.88. The normalized spacial score (nSPS) is 31.2. The number of phenolic OH excluding ortho intramolecular Hbond substituents is 1. The summed E-state index contributed by atoms with van der Waals surface area (Å²) < 4.78 is 0. The maximum Gasteiger partial charge on any atom is 0.124 e. The van der Waals surface area contributed by atoms with Crippen LogP contribution in [0, 0.1) is 17.8 Å². The first-order valence-corrected chi connectivity index (χ1v) is 11.0. The van der Waals surface area contributed by atoms with Gasteiger partial charge in [-0.2, -0.15) is 0 Å². The molecule has 4 aliphatic rings. The molecule has 4 aliphatic carbocycles. The fourth-order valence-corrected chi connectivity index (χ4v) is 6.68. The van der Waals surface area contributed by atoms with Crippen LogP contribution in [-0.4, -0.2) is 11.3 Å². The van der Waals surface area contributed by atoms with Crippen LogP contribution in [0.2, 0.25) is 0 Å². The molecule has 0 aromatic heterocycles. The maximum atomic E-state index is 10.5. The van der Waals surface area contributed by atoms with Gasteiger partial charge in [0.2, 0.25) is 0 Å². The van der Waals surface area contributed by atoms with E-state index >= 15 is 0 Å². The molecule has 0 aliphatic heterocycles. The van der Waals surface area contributed by atoms with Gasteiger partial charge in [-0.1, -0.05) is 38.1 Å². The lowest BCUT2D eigenvalue weighted by atomic mass is 9.48. The van der Waals surface area contributed by atoms with Crippen LogP contribution in [0.5, 0.6) is 5.75 Å². The van der Waals surface area contributed by atoms with Crippen molar-refractivity contribution in [3.63, 3.8) is 0 Å². The van der Waals surface area contributed by atoms with Crippen LogP contribution in [0.3, 0.4) is 0 Å². The van der Waals surface area contributed by atoms with Crippen LogP contribution in [0.4, 0.5) is 5.69 Å². The zero-order valence-corrected chi connectivity index (χ0v) is 17.1. The van der Waals surface area contributed by atoms with E-state index in [-0.39, 0.29) is 0 Å².